The van der Waals surface area contributed by atoms with Crippen LogP contribution in [0.1, 0.15) is 13.3 Å². The predicted octanol–water partition coefficient (Wildman–Crippen LogP) is 3.85. The van der Waals surface area contributed by atoms with Crippen molar-refractivity contribution < 1.29 is 0 Å². The summed E-state index contributed by atoms with van der Waals surface area (Å²) in [6.45, 7) is 3.08. The molecule has 0 radical (unpaired) electrons. The smallest absolute Gasteiger partial charge is 0.207 e. The monoisotopic (exact) mass is 251 g/mol. The van der Waals surface area contributed by atoms with E-state index in [9.17, 15) is 0 Å². The maximum absolute atomic E-state index is 4.39. The van der Waals surface area contributed by atoms with Crippen LogP contribution in [0.5, 0.6) is 0 Å². The number of nitrogens with zero attached hydrogens (tertiary/aromatic N) is 2. The molecular formula is C16H17N3. The molecule has 3 rings (SSSR count). The highest BCUT2D eigenvalue weighted by molar-refractivity contribution is 5.90. The lowest BCUT2D eigenvalue weighted by Crippen LogP contribution is -2.06. The minimum Gasteiger partial charge on any atom is -0.355 e. The molecule has 0 bridgehead atoms. The van der Waals surface area contributed by atoms with Crippen LogP contribution in [0.4, 0.5) is 5.95 Å². The van der Waals surface area contributed by atoms with Gasteiger partial charge in [0, 0.05) is 24.3 Å². The second kappa shape index (κ2) is 5.14. The Morgan fingerprint density at radius 2 is 1.95 bits per heavy atom. The van der Waals surface area contributed by atoms with E-state index in [-0.39, 0.29) is 0 Å². The number of hydrogen-bond donors (Lipinski definition) is 1. The summed E-state index contributed by atoms with van der Waals surface area (Å²) >= 11 is 0. The van der Waals surface area contributed by atoms with E-state index in [0.717, 1.165) is 24.6 Å². The number of aromatic nitrogens is 2. The molecule has 1 aromatic heterocycles. The molecule has 3 nitrogen and oxygen atoms in total. The molecule has 0 atom stereocenters. The third kappa shape index (κ3) is 2.19. The lowest BCUT2D eigenvalue weighted by atomic mass is 10.1. The highest BCUT2D eigenvalue weighted by atomic mass is 15.2. The van der Waals surface area contributed by atoms with Crippen molar-refractivity contribution in [1.82, 2.24) is 9.55 Å². The highest BCUT2D eigenvalue weighted by Crippen LogP contribution is 2.24. The van der Waals surface area contributed by atoms with Crippen molar-refractivity contribution >= 4 is 16.7 Å². The Kier molecular flexibility index (Phi) is 3.19. The molecule has 0 aliphatic carbocycles. The first-order valence-corrected chi connectivity index (χ1v) is 6.65. The molecule has 0 saturated carbocycles. The summed E-state index contributed by atoms with van der Waals surface area (Å²) in [6.07, 6.45) is 4.92. The van der Waals surface area contributed by atoms with Gasteiger partial charge in [-0.15, -0.1) is 0 Å². The number of rotatable bonds is 4. The third-order valence-corrected chi connectivity index (χ3v) is 3.20. The summed E-state index contributed by atoms with van der Waals surface area (Å²) in [5.74, 6) is 0.901. The lowest BCUT2D eigenvalue weighted by Gasteiger charge is -2.11. The van der Waals surface area contributed by atoms with E-state index in [1.807, 2.05) is 12.4 Å². The highest BCUT2D eigenvalue weighted by Gasteiger charge is 2.07. The maximum Gasteiger partial charge on any atom is 0.207 e. The van der Waals surface area contributed by atoms with Gasteiger partial charge >= 0.3 is 0 Å². The fourth-order valence-corrected chi connectivity index (χ4v) is 2.28. The van der Waals surface area contributed by atoms with Gasteiger partial charge in [0.1, 0.15) is 0 Å². The SMILES string of the molecule is CCCNc1nccn1-c1cccc2ccccc12. The van der Waals surface area contributed by atoms with Gasteiger partial charge in [-0.05, 0) is 17.9 Å². The van der Waals surface area contributed by atoms with Gasteiger partial charge < -0.3 is 5.32 Å². The van der Waals surface area contributed by atoms with Crippen LogP contribution in [-0.2, 0) is 0 Å². The van der Waals surface area contributed by atoms with Crippen LogP contribution < -0.4 is 5.32 Å². The summed E-state index contributed by atoms with van der Waals surface area (Å²) in [5.41, 5.74) is 1.16. The molecule has 3 aromatic rings. The molecule has 1 heterocycles. The fourth-order valence-electron chi connectivity index (χ4n) is 2.28. The van der Waals surface area contributed by atoms with Crippen molar-refractivity contribution in [3.8, 4) is 5.69 Å². The molecule has 19 heavy (non-hydrogen) atoms. The second-order valence-electron chi connectivity index (χ2n) is 4.55. The van der Waals surface area contributed by atoms with Gasteiger partial charge in [-0.2, -0.15) is 0 Å². The Labute approximate surface area is 112 Å². The predicted molar refractivity (Wildman–Crippen MR) is 79.9 cm³/mol. The van der Waals surface area contributed by atoms with Crippen LogP contribution >= 0.6 is 0 Å². The van der Waals surface area contributed by atoms with Gasteiger partial charge in [-0.25, -0.2) is 4.98 Å². The molecule has 0 fully saturated rings. The quantitative estimate of drug-likeness (QED) is 0.763. The van der Waals surface area contributed by atoms with E-state index in [2.05, 4.69) is 64.3 Å². The van der Waals surface area contributed by atoms with Crippen molar-refractivity contribution in [3.63, 3.8) is 0 Å². The summed E-state index contributed by atoms with van der Waals surface area (Å²) in [7, 11) is 0. The number of hydrogen-bond acceptors (Lipinski definition) is 2. The molecule has 96 valence electrons. The summed E-state index contributed by atoms with van der Waals surface area (Å²) in [6, 6.07) is 14.8. The normalized spacial score (nSPS) is 10.8. The first kappa shape index (κ1) is 11.8. The van der Waals surface area contributed by atoms with E-state index >= 15 is 0 Å². The number of anilines is 1. The molecule has 3 heteroatoms. The Balaban J connectivity index is 2.12. The average Bonchev–Trinajstić information content (AvgIpc) is 2.92. The van der Waals surface area contributed by atoms with E-state index in [1.165, 1.54) is 10.8 Å². The van der Waals surface area contributed by atoms with Gasteiger partial charge in [0.05, 0.1) is 5.69 Å². The van der Waals surface area contributed by atoms with Crippen molar-refractivity contribution in [2.75, 3.05) is 11.9 Å². The minimum absolute atomic E-state index is 0.901. The summed E-state index contributed by atoms with van der Waals surface area (Å²) in [5, 5.41) is 5.84. The molecule has 0 aliphatic rings. The molecule has 0 amide bonds. The molecule has 0 saturated heterocycles. The zero-order valence-corrected chi connectivity index (χ0v) is 11.0. The molecule has 2 aromatic carbocycles. The lowest BCUT2D eigenvalue weighted by molar-refractivity contribution is 0.939. The largest absolute Gasteiger partial charge is 0.355 e. The second-order valence-corrected chi connectivity index (χ2v) is 4.55. The van der Waals surface area contributed by atoms with Crippen LogP contribution in [0.25, 0.3) is 16.5 Å². The maximum atomic E-state index is 4.39. The van der Waals surface area contributed by atoms with E-state index in [0.29, 0.717) is 0 Å². The van der Waals surface area contributed by atoms with E-state index < -0.39 is 0 Å². The van der Waals surface area contributed by atoms with Crippen LogP contribution in [0, 0.1) is 0 Å². The van der Waals surface area contributed by atoms with Gasteiger partial charge in [0.2, 0.25) is 5.95 Å². The first-order valence-electron chi connectivity index (χ1n) is 6.65. The van der Waals surface area contributed by atoms with Crippen LogP contribution in [0.3, 0.4) is 0 Å². The third-order valence-electron chi connectivity index (χ3n) is 3.20. The van der Waals surface area contributed by atoms with E-state index in [4.69, 9.17) is 0 Å². The molecular weight excluding hydrogens is 234 g/mol. The van der Waals surface area contributed by atoms with Crippen LogP contribution in [-0.4, -0.2) is 16.1 Å². The van der Waals surface area contributed by atoms with Crippen LogP contribution in [0.2, 0.25) is 0 Å². The van der Waals surface area contributed by atoms with Gasteiger partial charge in [0.25, 0.3) is 0 Å². The molecule has 0 unspecified atom stereocenters. The van der Waals surface area contributed by atoms with Crippen molar-refractivity contribution in [3.05, 3.63) is 54.9 Å². The Bertz CT molecular complexity index is 680. The fraction of sp³-hybridized carbons (Fsp3) is 0.188. The number of fused-ring (bicyclic) bond motifs is 1. The van der Waals surface area contributed by atoms with Gasteiger partial charge in [-0.1, -0.05) is 43.3 Å². The standard InChI is InChI=1S/C16H17N3/c1-2-10-17-16-18-11-12-19(16)15-9-5-7-13-6-3-4-8-14(13)15/h3-9,11-12H,2,10H2,1H3,(H,17,18). The van der Waals surface area contributed by atoms with Crippen LogP contribution in [0.15, 0.2) is 54.9 Å². The Hall–Kier alpha value is -2.29. The summed E-state index contributed by atoms with van der Waals surface area (Å²) in [4.78, 5) is 4.39. The first-order chi connectivity index (χ1) is 9.40. The van der Waals surface area contributed by atoms with Crippen molar-refractivity contribution in [2.24, 2.45) is 0 Å². The topological polar surface area (TPSA) is 29.9 Å². The number of benzene rings is 2. The zero-order chi connectivity index (χ0) is 13.1. The van der Waals surface area contributed by atoms with Gasteiger partial charge in [-0.3, -0.25) is 4.57 Å². The zero-order valence-electron chi connectivity index (χ0n) is 11.0. The number of imidazole rings is 1. The Morgan fingerprint density at radius 1 is 1.11 bits per heavy atom. The minimum atomic E-state index is 0.901. The molecule has 0 spiro atoms. The van der Waals surface area contributed by atoms with E-state index in [1.54, 1.807) is 0 Å². The van der Waals surface area contributed by atoms with Gasteiger partial charge in [0.15, 0.2) is 0 Å². The molecule has 1 N–H and O–H groups in total. The Morgan fingerprint density at radius 3 is 2.84 bits per heavy atom. The average molecular weight is 251 g/mol. The van der Waals surface area contributed by atoms with Crippen molar-refractivity contribution in [1.29, 1.82) is 0 Å². The summed E-state index contributed by atoms with van der Waals surface area (Å²) < 4.78 is 2.11. The number of nitrogens with one attached hydrogen (secondary N) is 1. The van der Waals surface area contributed by atoms with Crippen molar-refractivity contribution in [2.45, 2.75) is 13.3 Å². The molecule has 0 aliphatic heterocycles.